The van der Waals surface area contributed by atoms with Crippen LogP contribution < -0.4 is 4.90 Å². The van der Waals surface area contributed by atoms with Gasteiger partial charge >= 0.3 is 0 Å². The normalized spacial score (nSPS) is 18.6. The molecular formula is C20H22F2N6. The Bertz CT molecular complexity index is 992. The predicted octanol–water partition coefficient (Wildman–Crippen LogP) is 2.99. The second kappa shape index (κ2) is 7.09. The second-order valence-corrected chi connectivity index (χ2v) is 7.65. The molecule has 0 N–H and O–H groups in total. The van der Waals surface area contributed by atoms with E-state index >= 15 is 0 Å². The van der Waals surface area contributed by atoms with E-state index in [1.165, 1.54) is 18.6 Å². The first-order valence-electron chi connectivity index (χ1n) is 9.81. The van der Waals surface area contributed by atoms with Crippen molar-refractivity contribution in [1.29, 1.82) is 0 Å². The number of hydrogen-bond donors (Lipinski definition) is 0. The van der Waals surface area contributed by atoms with Gasteiger partial charge in [0.05, 0.1) is 0 Å². The lowest BCUT2D eigenvalue weighted by atomic mass is 9.95. The molecule has 8 heteroatoms. The monoisotopic (exact) mass is 384 g/mol. The van der Waals surface area contributed by atoms with Crippen LogP contribution in [0.4, 0.5) is 14.6 Å². The van der Waals surface area contributed by atoms with Crippen LogP contribution in [0.5, 0.6) is 0 Å². The lowest BCUT2D eigenvalue weighted by Crippen LogP contribution is -2.38. The van der Waals surface area contributed by atoms with Crippen molar-refractivity contribution in [3.8, 4) is 0 Å². The Morgan fingerprint density at radius 3 is 2.54 bits per heavy atom. The highest BCUT2D eigenvalue weighted by Gasteiger charge is 2.26. The summed E-state index contributed by atoms with van der Waals surface area (Å²) in [6.07, 6.45) is 3.00. The van der Waals surface area contributed by atoms with Gasteiger partial charge < -0.3 is 4.90 Å². The third kappa shape index (κ3) is 3.22. The number of piperidine rings is 1. The average Bonchev–Trinajstić information content (AvgIpc) is 3.07. The van der Waals surface area contributed by atoms with Crippen LogP contribution >= 0.6 is 0 Å². The summed E-state index contributed by atoms with van der Waals surface area (Å²) in [7, 11) is 0. The fraction of sp³-hybridized carbons (Fsp3) is 0.450. The molecule has 6 nitrogen and oxygen atoms in total. The minimum Gasteiger partial charge on any atom is -0.355 e. The predicted molar refractivity (Wildman–Crippen MR) is 101 cm³/mol. The standard InChI is InChI=1S/C20H22F2N6/c21-16-2-3-17(22)15(12-16)13-26-10-6-14(7-11-26)20-24-23-18-4-5-19(25-28(18)20)27-8-1-9-27/h2-5,12,14H,1,6-11,13H2. The van der Waals surface area contributed by atoms with Gasteiger partial charge in [0.2, 0.25) is 0 Å². The maximum atomic E-state index is 13.9. The molecule has 5 rings (SSSR count). The molecule has 0 atom stereocenters. The molecule has 2 saturated heterocycles. The first-order valence-corrected chi connectivity index (χ1v) is 9.81. The van der Waals surface area contributed by atoms with E-state index in [0.717, 1.165) is 62.4 Å². The zero-order valence-electron chi connectivity index (χ0n) is 15.6. The van der Waals surface area contributed by atoms with Gasteiger partial charge in [0.25, 0.3) is 0 Å². The lowest BCUT2D eigenvalue weighted by molar-refractivity contribution is 0.198. The number of halogens is 2. The summed E-state index contributed by atoms with van der Waals surface area (Å²) < 4.78 is 29.2. The Balaban J connectivity index is 1.29. The summed E-state index contributed by atoms with van der Waals surface area (Å²) in [5, 5.41) is 13.4. The fourth-order valence-corrected chi connectivity index (χ4v) is 4.02. The zero-order valence-corrected chi connectivity index (χ0v) is 15.6. The first kappa shape index (κ1) is 17.5. The van der Waals surface area contributed by atoms with Gasteiger partial charge in [0.15, 0.2) is 11.5 Å². The third-order valence-corrected chi connectivity index (χ3v) is 5.81. The molecule has 0 aliphatic carbocycles. The van der Waals surface area contributed by atoms with Crippen molar-refractivity contribution in [3.63, 3.8) is 0 Å². The Kier molecular flexibility index (Phi) is 4.43. The summed E-state index contributed by atoms with van der Waals surface area (Å²) in [5.74, 6) is 1.38. The van der Waals surface area contributed by atoms with E-state index in [9.17, 15) is 8.78 Å². The highest BCUT2D eigenvalue weighted by Crippen LogP contribution is 2.28. The minimum absolute atomic E-state index is 0.266. The van der Waals surface area contributed by atoms with Gasteiger partial charge in [0, 0.05) is 31.1 Å². The molecule has 28 heavy (non-hydrogen) atoms. The Morgan fingerprint density at radius 1 is 0.964 bits per heavy atom. The van der Waals surface area contributed by atoms with Gasteiger partial charge in [-0.1, -0.05) is 0 Å². The van der Waals surface area contributed by atoms with Crippen LogP contribution in [0.15, 0.2) is 30.3 Å². The Hall–Kier alpha value is -2.61. The first-order chi connectivity index (χ1) is 13.7. The molecular weight excluding hydrogens is 362 g/mol. The van der Waals surface area contributed by atoms with Gasteiger partial charge in [-0.05, 0) is 62.7 Å². The average molecular weight is 384 g/mol. The van der Waals surface area contributed by atoms with E-state index in [2.05, 4.69) is 20.0 Å². The smallest absolute Gasteiger partial charge is 0.178 e. The molecule has 2 aliphatic rings. The summed E-state index contributed by atoms with van der Waals surface area (Å²) in [6, 6.07) is 7.61. The van der Waals surface area contributed by atoms with Crippen molar-refractivity contribution in [2.75, 3.05) is 31.1 Å². The largest absolute Gasteiger partial charge is 0.355 e. The molecule has 0 radical (unpaired) electrons. The molecule has 0 spiro atoms. The molecule has 3 aromatic rings. The Labute approximate surface area is 161 Å². The SMILES string of the molecule is Fc1ccc(F)c(CN2CCC(c3nnc4ccc(N5CCC5)nn34)CC2)c1. The van der Waals surface area contributed by atoms with Crippen molar-refractivity contribution < 1.29 is 8.78 Å². The number of likely N-dealkylation sites (tertiary alicyclic amines) is 1. The molecule has 0 bridgehead atoms. The van der Waals surface area contributed by atoms with Crippen molar-refractivity contribution >= 4 is 11.5 Å². The molecule has 146 valence electrons. The molecule has 2 fully saturated rings. The van der Waals surface area contributed by atoms with E-state index < -0.39 is 5.82 Å². The van der Waals surface area contributed by atoms with Crippen LogP contribution in [0.2, 0.25) is 0 Å². The number of rotatable bonds is 4. The topological polar surface area (TPSA) is 49.6 Å². The number of hydrogen-bond acceptors (Lipinski definition) is 5. The van der Waals surface area contributed by atoms with Crippen molar-refractivity contribution in [3.05, 3.63) is 53.4 Å². The zero-order chi connectivity index (χ0) is 19.1. The van der Waals surface area contributed by atoms with Gasteiger partial charge in [-0.2, -0.15) is 4.52 Å². The van der Waals surface area contributed by atoms with Crippen LogP contribution in [0.3, 0.4) is 0 Å². The summed E-state index contributed by atoms with van der Waals surface area (Å²) >= 11 is 0. The molecule has 2 aromatic heterocycles. The van der Waals surface area contributed by atoms with E-state index in [-0.39, 0.29) is 11.7 Å². The molecule has 0 saturated carbocycles. The second-order valence-electron chi connectivity index (χ2n) is 7.65. The molecule has 0 amide bonds. The highest BCUT2D eigenvalue weighted by molar-refractivity contribution is 5.47. The van der Waals surface area contributed by atoms with Crippen molar-refractivity contribution in [1.82, 2.24) is 24.7 Å². The van der Waals surface area contributed by atoms with Gasteiger partial charge in [-0.3, -0.25) is 4.90 Å². The maximum absolute atomic E-state index is 13.9. The van der Waals surface area contributed by atoms with Crippen molar-refractivity contribution in [2.45, 2.75) is 31.7 Å². The van der Waals surface area contributed by atoms with Crippen LogP contribution in [0, 0.1) is 11.6 Å². The quantitative estimate of drug-likeness (QED) is 0.692. The summed E-state index contributed by atoms with van der Waals surface area (Å²) in [6.45, 7) is 4.13. The summed E-state index contributed by atoms with van der Waals surface area (Å²) in [5.41, 5.74) is 1.18. The third-order valence-electron chi connectivity index (χ3n) is 5.81. The highest BCUT2D eigenvalue weighted by atomic mass is 19.1. The van der Waals surface area contributed by atoms with Gasteiger partial charge in [0.1, 0.15) is 17.5 Å². The number of fused-ring (bicyclic) bond motifs is 1. The van der Waals surface area contributed by atoms with Gasteiger partial charge in [-0.15, -0.1) is 15.3 Å². The van der Waals surface area contributed by atoms with E-state index in [4.69, 9.17) is 5.10 Å². The number of anilines is 1. The number of aromatic nitrogens is 4. The van der Waals surface area contributed by atoms with E-state index in [0.29, 0.717) is 12.1 Å². The van der Waals surface area contributed by atoms with Crippen LogP contribution in [-0.2, 0) is 6.54 Å². The van der Waals surface area contributed by atoms with Crippen LogP contribution in [0.1, 0.15) is 36.6 Å². The summed E-state index contributed by atoms with van der Waals surface area (Å²) in [4.78, 5) is 4.41. The van der Waals surface area contributed by atoms with Crippen LogP contribution in [0.25, 0.3) is 5.65 Å². The molecule has 0 unspecified atom stereocenters. The molecule has 1 aromatic carbocycles. The minimum atomic E-state index is -0.398. The number of nitrogens with zero attached hydrogens (tertiary/aromatic N) is 6. The van der Waals surface area contributed by atoms with E-state index in [1.807, 2.05) is 16.6 Å². The fourth-order valence-electron chi connectivity index (χ4n) is 4.02. The lowest BCUT2D eigenvalue weighted by Gasteiger charge is -2.32. The molecule has 4 heterocycles. The van der Waals surface area contributed by atoms with E-state index in [1.54, 1.807) is 0 Å². The van der Waals surface area contributed by atoms with Crippen molar-refractivity contribution in [2.24, 2.45) is 0 Å². The Morgan fingerprint density at radius 2 is 1.79 bits per heavy atom. The number of benzene rings is 1. The molecule has 2 aliphatic heterocycles. The maximum Gasteiger partial charge on any atom is 0.178 e. The van der Waals surface area contributed by atoms with Gasteiger partial charge in [-0.25, -0.2) is 8.78 Å². The van der Waals surface area contributed by atoms with Crippen LogP contribution in [-0.4, -0.2) is 50.9 Å².